The third-order valence-corrected chi connectivity index (χ3v) is 8.81. The largest absolute Gasteiger partial charge is 0.464 e. The van der Waals surface area contributed by atoms with E-state index in [-0.39, 0.29) is 24.2 Å². The number of aliphatic hydroxyl groups excluding tert-OH is 2. The van der Waals surface area contributed by atoms with Crippen molar-refractivity contribution in [3.63, 3.8) is 0 Å². The lowest BCUT2D eigenvalue weighted by Crippen LogP contribution is -2.46. The molecule has 132 valence electrons. The van der Waals surface area contributed by atoms with Crippen LogP contribution in [0, 0.1) is 0 Å². The number of hydrogen-bond acceptors (Lipinski definition) is 5. The van der Waals surface area contributed by atoms with E-state index in [1.807, 2.05) is 0 Å². The van der Waals surface area contributed by atoms with Crippen molar-refractivity contribution in [2.45, 2.75) is 90.3 Å². The molecule has 0 aromatic rings. The molecular weight excluding hydrogens is 300 g/mol. The van der Waals surface area contributed by atoms with Gasteiger partial charge in [-0.2, -0.15) is 0 Å². The summed E-state index contributed by atoms with van der Waals surface area (Å²) in [6.45, 7) is 14.7. The molecule has 6 heteroatoms. The van der Waals surface area contributed by atoms with Gasteiger partial charge in [0.05, 0.1) is 12.7 Å². The van der Waals surface area contributed by atoms with Gasteiger partial charge in [-0.3, -0.25) is 0 Å². The van der Waals surface area contributed by atoms with E-state index in [0.717, 1.165) is 12.8 Å². The highest BCUT2D eigenvalue weighted by molar-refractivity contribution is 6.74. The van der Waals surface area contributed by atoms with Crippen LogP contribution in [0.2, 0.25) is 18.1 Å². The second-order valence-corrected chi connectivity index (χ2v) is 12.0. The van der Waals surface area contributed by atoms with E-state index in [9.17, 15) is 15.0 Å². The molecule has 0 unspecified atom stereocenters. The minimum Gasteiger partial charge on any atom is -0.464 e. The van der Waals surface area contributed by atoms with Crippen molar-refractivity contribution in [1.82, 2.24) is 0 Å². The molecule has 0 fully saturated rings. The summed E-state index contributed by atoms with van der Waals surface area (Å²) in [5.41, 5.74) is 0. The lowest BCUT2D eigenvalue weighted by atomic mass is 10.0. The Kier molecular flexibility index (Phi) is 8.83. The molecule has 5 nitrogen and oxygen atoms in total. The van der Waals surface area contributed by atoms with E-state index < -0.39 is 26.5 Å². The molecule has 0 aliphatic rings. The molecule has 22 heavy (non-hydrogen) atoms. The molecule has 0 heterocycles. The first-order valence-electron chi connectivity index (χ1n) is 8.16. The maximum absolute atomic E-state index is 11.5. The summed E-state index contributed by atoms with van der Waals surface area (Å²) < 4.78 is 11.1. The van der Waals surface area contributed by atoms with Crippen LogP contribution in [0.25, 0.3) is 0 Å². The molecule has 0 aromatic carbocycles. The van der Waals surface area contributed by atoms with Gasteiger partial charge in [0.1, 0.15) is 0 Å². The van der Waals surface area contributed by atoms with Gasteiger partial charge in [0, 0.05) is 12.5 Å². The smallest absolute Gasteiger partial charge is 0.337 e. The first-order valence-corrected chi connectivity index (χ1v) is 11.1. The molecule has 0 spiro atoms. The summed E-state index contributed by atoms with van der Waals surface area (Å²) in [5.74, 6) is -0.780. The average Bonchev–Trinajstić information content (AvgIpc) is 2.36. The number of carbonyl (C=O) groups excluding carboxylic acids is 1. The minimum atomic E-state index is -1.96. The minimum absolute atomic E-state index is 0.0731. The van der Waals surface area contributed by atoms with Gasteiger partial charge in [-0.25, -0.2) is 4.79 Å². The molecule has 2 N–H and O–H groups in total. The average molecular weight is 335 g/mol. The topological polar surface area (TPSA) is 76.0 Å². The fourth-order valence-corrected chi connectivity index (χ4v) is 3.32. The number of hydrogen-bond donors (Lipinski definition) is 2. The summed E-state index contributed by atoms with van der Waals surface area (Å²) in [5, 5.41) is 20.0. The molecular formula is C16H34O5Si. The van der Waals surface area contributed by atoms with E-state index in [4.69, 9.17) is 9.16 Å². The van der Waals surface area contributed by atoms with Crippen molar-refractivity contribution in [2.24, 2.45) is 0 Å². The fraction of sp³-hybridized carbons (Fsp3) is 0.938. The third kappa shape index (κ3) is 6.77. The fourth-order valence-electron chi connectivity index (χ4n) is 1.92. The Morgan fingerprint density at radius 1 is 1.18 bits per heavy atom. The van der Waals surface area contributed by atoms with Crippen LogP contribution in [0.4, 0.5) is 0 Å². The molecule has 0 aromatic heterocycles. The van der Waals surface area contributed by atoms with Gasteiger partial charge in [-0.05, 0) is 31.5 Å². The van der Waals surface area contributed by atoms with Crippen molar-refractivity contribution in [3.8, 4) is 0 Å². The van der Waals surface area contributed by atoms with E-state index in [2.05, 4.69) is 40.8 Å². The lowest BCUT2D eigenvalue weighted by molar-refractivity contribution is -0.160. The molecule has 0 saturated carbocycles. The Labute approximate surface area is 136 Å². The van der Waals surface area contributed by atoms with Crippen LogP contribution < -0.4 is 0 Å². The van der Waals surface area contributed by atoms with Gasteiger partial charge in [0.15, 0.2) is 14.4 Å². The van der Waals surface area contributed by atoms with Gasteiger partial charge in [-0.1, -0.05) is 34.1 Å². The summed E-state index contributed by atoms with van der Waals surface area (Å²) in [6.07, 6.45) is -0.895. The van der Waals surface area contributed by atoms with Gasteiger partial charge in [0.2, 0.25) is 0 Å². The second-order valence-electron chi connectivity index (χ2n) is 7.29. The van der Waals surface area contributed by atoms with Crippen molar-refractivity contribution in [3.05, 3.63) is 0 Å². The van der Waals surface area contributed by atoms with Crippen LogP contribution in [0.3, 0.4) is 0 Å². The highest BCUT2D eigenvalue weighted by Gasteiger charge is 2.40. The Bertz CT molecular complexity index is 338. The van der Waals surface area contributed by atoms with Crippen molar-refractivity contribution in [1.29, 1.82) is 0 Å². The van der Waals surface area contributed by atoms with Crippen LogP contribution in [-0.4, -0.2) is 49.4 Å². The highest BCUT2D eigenvalue weighted by Crippen LogP contribution is 2.38. The number of carbonyl (C=O) groups is 1. The molecule has 0 aliphatic carbocycles. The Balaban J connectivity index is 4.80. The molecule has 0 saturated heterocycles. The van der Waals surface area contributed by atoms with Gasteiger partial charge in [0.25, 0.3) is 0 Å². The molecule has 0 radical (unpaired) electrons. The zero-order chi connectivity index (χ0) is 17.6. The summed E-state index contributed by atoms with van der Waals surface area (Å²) in [6, 6.07) is 0. The summed E-state index contributed by atoms with van der Waals surface area (Å²) in [4.78, 5) is 11.5. The van der Waals surface area contributed by atoms with E-state index in [1.165, 1.54) is 0 Å². The Hall–Kier alpha value is -0.433. The van der Waals surface area contributed by atoms with Crippen LogP contribution in [-0.2, 0) is 14.0 Å². The molecule has 0 aliphatic heterocycles. The van der Waals surface area contributed by atoms with Gasteiger partial charge >= 0.3 is 5.97 Å². The summed E-state index contributed by atoms with van der Waals surface area (Å²) >= 11 is 0. The van der Waals surface area contributed by atoms with E-state index in [0.29, 0.717) is 0 Å². The van der Waals surface area contributed by atoms with Crippen LogP contribution in [0.15, 0.2) is 0 Å². The zero-order valence-electron chi connectivity index (χ0n) is 15.2. The standard InChI is InChI=1S/C16H34O5Si/c1-8-10-12(21-22(6,7)16(3,4)5)11-13(17)14(18)15(19)20-9-2/h12-14,17-18H,8-11H2,1-7H3/t12-,13-,14+/m1/s1. The Morgan fingerprint density at radius 3 is 2.14 bits per heavy atom. The monoisotopic (exact) mass is 334 g/mol. The van der Waals surface area contributed by atoms with Gasteiger partial charge < -0.3 is 19.4 Å². The normalized spacial score (nSPS) is 17.0. The SMILES string of the molecule is CCC[C@H](C[C@@H](O)[C@H](O)C(=O)OCC)O[Si](C)(C)C(C)(C)C. The lowest BCUT2D eigenvalue weighted by Gasteiger charge is -2.40. The molecule has 0 bridgehead atoms. The maximum Gasteiger partial charge on any atom is 0.337 e. The number of aliphatic hydroxyl groups is 2. The maximum atomic E-state index is 11.5. The van der Waals surface area contributed by atoms with Crippen molar-refractivity contribution < 1.29 is 24.2 Å². The number of esters is 1. The van der Waals surface area contributed by atoms with Gasteiger partial charge in [-0.15, -0.1) is 0 Å². The Morgan fingerprint density at radius 2 is 1.73 bits per heavy atom. The van der Waals surface area contributed by atoms with Crippen LogP contribution in [0.1, 0.15) is 53.9 Å². The van der Waals surface area contributed by atoms with Crippen molar-refractivity contribution in [2.75, 3.05) is 6.61 Å². The zero-order valence-corrected chi connectivity index (χ0v) is 16.2. The van der Waals surface area contributed by atoms with Crippen LogP contribution in [0.5, 0.6) is 0 Å². The molecule has 0 rings (SSSR count). The summed E-state index contributed by atoms with van der Waals surface area (Å²) in [7, 11) is -1.96. The number of rotatable bonds is 9. The van der Waals surface area contributed by atoms with Crippen molar-refractivity contribution >= 4 is 14.3 Å². The molecule has 3 atom stereocenters. The predicted octanol–water partition coefficient (Wildman–Crippen LogP) is 2.85. The quantitative estimate of drug-likeness (QED) is 0.501. The van der Waals surface area contributed by atoms with E-state index >= 15 is 0 Å². The highest BCUT2D eigenvalue weighted by atomic mass is 28.4. The van der Waals surface area contributed by atoms with E-state index in [1.54, 1.807) is 6.92 Å². The first kappa shape index (κ1) is 21.6. The van der Waals surface area contributed by atoms with Crippen LogP contribution >= 0.6 is 0 Å². The predicted molar refractivity (Wildman–Crippen MR) is 90.2 cm³/mol. The third-order valence-electron chi connectivity index (χ3n) is 4.28. The first-order chi connectivity index (χ1) is 9.96. The molecule has 0 amide bonds. The number of ether oxygens (including phenoxy) is 1. The second kappa shape index (κ2) is 9.01.